The highest BCUT2D eigenvalue weighted by Crippen LogP contribution is 2.34. The molecule has 0 unspecified atom stereocenters. The maximum absolute atomic E-state index is 12.2. The highest BCUT2D eigenvalue weighted by atomic mass is 35.5. The van der Waals surface area contributed by atoms with E-state index in [-0.39, 0.29) is 5.91 Å². The van der Waals surface area contributed by atoms with Gasteiger partial charge in [0.2, 0.25) is 0 Å². The van der Waals surface area contributed by atoms with Gasteiger partial charge in [0.25, 0.3) is 5.91 Å². The van der Waals surface area contributed by atoms with Crippen LogP contribution in [0.4, 0.5) is 5.69 Å². The fraction of sp³-hybridized carbons (Fsp3) is 0.235. The van der Waals surface area contributed by atoms with Gasteiger partial charge in [0.15, 0.2) is 6.10 Å². The third-order valence-corrected chi connectivity index (χ3v) is 4.30. The van der Waals surface area contributed by atoms with Crippen LogP contribution in [0.5, 0.6) is 5.75 Å². The highest BCUT2D eigenvalue weighted by molar-refractivity contribution is 6.43. The number of ether oxygens (including phenoxy) is 1. The number of carbonyl (C=O) groups excluding carboxylic acids is 1. The number of benzene rings is 2. The minimum Gasteiger partial charge on any atom is -0.479 e. The number of nitrogens with one attached hydrogen (secondary N) is 1. The summed E-state index contributed by atoms with van der Waals surface area (Å²) in [6.45, 7) is 3.71. The zero-order valence-corrected chi connectivity index (χ0v) is 15.0. The number of rotatable bonds is 5. The Kier molecular flexibility index (Phi) is 6.17. The van der Waals surface area contributed by atoms with Crippen LogP contribution in [0, 0.1) is 0 Å². The fourth-order valence-corrected chi connectivity index (χ4v) is 2.49. The van der Waals surface area contributed by atoms with Crippen molar-refractivity contribution in [2.75, 3.05) is 5.32 Å². The molecule has 3 nitrogen and oxygen atoms in total. The lowest BCUT2D eigenvalue weighted by Gasteiger charge is -2.16. The van der Waals surface area contributed by atoms with Gasteiger partial charge < -0.3 is 10.1 Å². The number of hydrogen-bond acceptors (Lipinski definition) is 2. The van der Waals surface area contributed by atoms with Gasteiger partial charge in [0, 0.05) is 11.8 Å². The van der Waals surface area contributed by atoms with Crippen LogP contribution in [-0.4, -0.2) is 12.0 Å². The zero-order chi connectivity index (χ0) is 17.0. The van der Waals surface area contributed by atoms with Crippen LogP contribution in [0.25, 0.3) is 0 Å². The number of amides is 1. The van der Waals surface area contributed by atoms with Crippen molar-refractivity contribution in [2.45, 2.75) is 26.4 Å². The SMILES string of the molecule is CCc1ccc(NC(=O)[C@H](C)Oc2cc(Cl)c(Cl)cc2Cl)cc1. The van der Waals surface area contributed by atoms with Gasteiger partial charge in [0.05, 0.1) is 15.1 Å². The number of anilines is 1. The van der Waals surface area contributed by atoms with E-state index in [9.17, 15) is 4.79 Å². The smallest absolute Gasteiger partial charge is 0.265 e. The van der Waals surface area contributed by atoms with E-state index >= 15 is 0 Å². The van der Waals surface area contributed by atoms with Gasteiger partial charge in [-0.1, -0.05) is 53.9 Å². The third kappa shape index (κ3) is 4.77. The molecule has 0 aliphatic heterocycles. The average molecular weight is 373 g/mol. The van der Waals surface area contributed by atoms with Crippen LogP contribution in [0.1, 0.15) is 19.4 Å². The number of halogens is 3. The van der Waals surface area contributed by atoms with Gasteiger partial charge in [-0.05, 0) is 37.1 Å². The van der Waals surface area contributed by atoms with Crippen LogP contribution in [-0.2, 0) is 11.2 Å². The molecule has 0 aromatic heterocycles. The second-order valence-corrected chi connectivity index (χ2v) is 6.22. The molecule has 0 aliphatic rings. The van der Waals surface area contributed by atoms with E-state index in [0.29, 0.717) is 26.5 Å². The van der Waals surface area contributed by atoms with Crippen LogP contribution in [0.2, 0.25) is 15.1 Å². The molecule has 23 heavy (non-hydrogen) atoms. The Hall–Kier alpha value is -1.42. The van der Waals surface area contributed by atoms with Crippen molar-refractivity contribution in [2.24, 2.45) is 0 Å². The summed E-state index contributed by atoms with van der Waals surface area (Å²) in [7, 11) is 0. The predicted octanol–water partition coefficient (Wildman–Crippen LogP) is 5.62. The van der Waals surface area contributed by atoms with Crippen LogP contribution in [0.15, 0.2) is 36.4 Å². The summed E-state index contributed by atoms with van der Waals surface area (Å²) < 4.78 is 5.57. The Morgan fingerprint density at radius 1 is 1.09 bits per heavy atom. The van der Waals surface area contributed by atoms with E-state index in [4.69, 9.17) is 39.5 Å². The van der Waals surface area contributed by atoms with Gasteiger partial charge in [0.1, 0.15) is 5.75 Å². The summed E-state index contributed by atoms with van der Waals surface area (Å²) in [6.07, 6.45) is 0.208. The van der Waals surface area contributed by atoms with Gasteiger partial charge in [-0.25, -0.2) is 0 Å². The Labute approximate surface area is 150 Å². The molecule has 0 aliphatic carbocycles. The van der Waals surface area contributed by atoms with Gasteiger partial charge in [-0.2, -0.15) is 0 Å². The molecule has 0 heterocycles. The van der Waals surface area contributed by atoms with E-state index < -0.39 is 6.10 Å². The first-order valence-corrected chi connectivity index (χ1v) is 8.25. The molecule has 0 bridgehead atoms. The van der Waals surface area contributed by atoms with Crippen molar-refractivity contribution in [3.63, 3.8) is 0 Å². The first-order valence-electron chi connectivity index (χ1n) is 7.11. The van der Waals surface area contributed by atoms with Crippen molar-refractivity contribution in [1.82, 2.24) is 0 Å². The molecule has 1 amide bonds. The Balaban J connectivity index is 2.03. The molecule has 122 valence electrons. The lowest BCUT2D eigenvalue weighted by Crippen LogP contribution is -2.30. The van der Waals surface area contributed by atoms with Gasteiger partial charge >= 0.3 is 0 Å². The highest BCUT2D eigenvalue weighted by Gasteiger charge is 2.17. The summed E-state index contributed by atoms with van der Waals surface area (Å²) in [6, 6.07) is 10.6. The molecular weight excluding hydrogens is 357 g/mol. The molecule has 0 radical (unpaired) electrons. The summed E-state index contributed by atoms with van der Waals surface area (Å²) in [5, 5.41) is 3.73. The van der Waals surface area contributed by atoms with Crippen molar-refractivity contribution in [1.29, 1.82) is 0 Å². The van der Waals surface area contributed by atoms with E-state index in [1.165, 1.54) is 17.7 Å². The fourth-order valence-electron chi connectivity index (χ4n) is 1.91. The molecule has 0 saturated carbocycles. The topological polar surface area (TPSA) is 38.3 Å². The normalized spacial score (nSPS) is 11.9. The first kappa shape index (κ1) is 17.9. The van der Waals surface area contributed by atoms with Crippen LogP contribution in [0.3, 0.4) is 0 Å². The molecule has 6 heteroatoms. The van der Waals surface area contributed by atoms with E-state index in [2.05, 4.69) is 12.2 Å². The summed E-state index contributed by atoms with van der Waals surface area (Å²) >= 11 is 17.8. The zero-order valence-electron chi connectivity index (χ0n) is 12.7. The second kappa shape index (κ2) is 7.91. The Bertz CT molecular complexity index is 702. The Morgan fingerprint density at radius 2 is 1.70 bits per heavy atom. The minimum atomic E-state index is -0.740. The van der Waals surface area contributed by atoms with E-state index in [1.807, 2.05) is 24.3 Å². The number of hydrogen-bond donors (Lipinski definition) is 1. The van der Waals surface area contributed by atoms with Gasteiger partial charge in [-0.3, -0.25) is 4.79 Å². The molecule has 0 fully saturated rings. The predicted molar refractivity (Wildman–Crippen MR) is 96.0 cm³/mol. The van der Waals surface area contributed by atoms with E-state index in [1.54, 1.807) is 6.92 Å². The van der Waals surface area contributed by atoms with Crippen LogP contribution < -0.4 is 10.1 Å². The van der Waals surface area contributed by atoms with Crippen molar-refractivity contribution in [3.8, 4) is 5.75 Å². The summed E-state index contributed by atoms with van der Waals surface area (Å²) in [5.74, 6) is 0.0291. The lowest BCUT2D eigenvalue weighted by atomic mass is 10.1. The molecule has 2 rings (SSSR count). The number of aryl methyl sites for hydroxylation is 1. The third-order valence-electron chi connectivity index (χ3n) is 3.28. The standard InChI is InChI=1S/C17H16Cl3NO2/c1-3-11-4-6-12(7-5-11)21-17(22)10(2)23-16-9-14(19)13(18)8-15(16)20/h4-10H,3H2,1-2H3,(H,21,22)/t10-/m0/s1. The second-order valence-electron chi connectivity index (χ2n) is 5.00. The quantitative estimate of drug-likeness (QED) is 0.692. The van der Waals surface area contributed by atoms with Crippen molar-refractivity contribution in [3.05, 3.63) is 57.0 Å². The maximum atomic E-state index is 12.2. The van der Waals surface area contributed by atoms with Crippen LogP contribution >= 0.6 is 34.8 Å². The minimum absolute atomic E-state index is 0.281. The summed E-state index contributed by atoms with van der Waals surface area (Å²) in [4.78, 5) is 12.2. The Morgan fingerprint density at radius 3 is 2.30 bits per heavy atom. The molecule has 0 saturated heterocycles. The monoisotopic (exact) mass is 371 g/mol. The molecule has 1 atom stereocenters. The molecule has 0 spiro atoms. The van der Waals surface area contributed by atoms with Gasteiger partial charge in [-0.15, -0.1) is 0 Å². The largest absolute Gasteiger partial charge is 0.479 e. The molecule has 2 aromatic rings. The summed E-state index contributed by atoms with van der Waals surface area (Å²) in [5.41, 5.74) is 1.91. The average Bonchev–Trinajstić information content (AvgIpc) is 2.53. The van der Waals surface area contributed by atoms with Crippen molar-refractivity contribution < 1.29 is 9.53 Å². The molecule has 2 aromatic carbocycles. The lowest BCUT2D eigenvalue weighted by molar-refractivity contribution is -0.122. The van der Waals surface area contributed by atoms with Crippen molar-refractivity contribution >= 4 is 46.4 Å². The molecular formula is C17H16Cl3NO2. The number of carbonyl (C=O) groups is 1. The van der Waals surface area contributed by atoms with E-state index in [0.717, 1.165) is 6.42 Å². The molecule has 1 N–H and O–H groups in total. The maximum Gasteiger partial charge on any atom is 0.265 e. The first-order chi connectivity index (χ1) is 10.9.